The van der Waals surface area contributed by atoms with Crippen LogP contribution in [0.15, 0.2) is 52.5 Å². The summed E-state index contributed by atoms with van der Waals surface area (Å²) < 4.78 is 5.91. The number of nitrogens with one attached hydrogen (secondary N) is 1. The largest absolute Gasteiger partial charge is 0.426 e. The van der Waals surface area contributed by atoms with Gasteiger partial charge >= 0.3 is 12.0 Å². The van der Waals surface area contributed by atoms with Gasteiger partial charge in [0.15, 0.2) is 0 Å². The van der Waals surface area contributed by atoms with Crippen LogP contribution in [0.2, 0.25) is 5.02 Å². The predicted octanol–water partition coefficient (Wildman–Crippen LogP) is 4.08. The zero-order valence-electron chi connectivity index (χ0n) is 15.1. The molecule has 1 fully saturated rings. The van der Waals surface area contributed by atoms with Crippen molar-refractivity contribution in [1.29, 1.82) is 0 Å². The highest BCUT2D eigenvalue weighted by atomic mass is 79.9. The quantitative estimate of drug-likeness (QED) is 0.310. The second kappa shape index (κ2) is 8.59. The van der Waals surface area contributed by atoms with E-state index in [0.29, 0.717) is 15.1 Å². The first-order chi connectivity index (χ1) is 13.8. The van der Waals surface area contributed by atoms with E-state index in [4.69, 9.17) is 16.3 Å². The van der Waals surface area contributed by atoms with E-state index in [9.17, 15) is 19.2 Å². The van der Waals surface area contributed by atoms with Crippen LogP contribution in [-0.4, -0.2) is 23.8 Å². The van der Waals surface area contributed by atoms with Gasteiger partial charge in [0.05, 0.1) is 5.69 Å². The van der Waals surface area contributed by atoms with Crippen LogP contribution in [-0.2, 0) is 14.4 Å². The highest BCUT2D eigenvalue weighted by Crippen LogP contribution is 2.28. The number of amides is 4. The van der Waals surface area contributed by atoms with E-state index in [1.807, 2.05) is 0 Å². The fourth-order valence-corrected chi connectivity index (χ4v) is 3.06. The standard InChI is InChI=1S/C20H14BrClN2O5/c1-2-17(25)29-16-8-3-12(21)9-11(16)10-15-18(26)23-20(28)24(19(15)27)14-6-4-13(22)5-7-14/h3-10H,2H2,1H3,(H,23,26,28)/b15-10-. The van der Waals surface area contributed by atoms with Gasteiger partial charge in [-0.1, -0.05) is 34.5 Å². The summed E-state index contributed by atoms with van der Waals surface area (Å²) in [5, 5.41) is 2.57. The number of barbiturate groups is 1. The fourth-order valence-electron chi connectivity index (χ4n) is 2.56. The molecule has 3 rings (SSSR count). The lowest BCUT2D eigenvalue weighted by Crippen LogP contribution is -2.54. The molecule has 0 bridgehead atoms. The molecule has 0 unspecified atom stereocenters. The summed E-state index contributed by atoms with van der Waals surface area (Å²) >= 11 is 9.16. The topological polar surface area (TPSA) is 92.8 Å². The number of ether oxygens (including phenoxy) is 1. The van der Waals surface area contributed by atoms with Crippen molar-refractivity contribution < 1.29 is 23.9 Å². The van der Waals surface area contributed by atoms with Crippen LogP contribution in [0.5, 0.6) is 5.75 Å². The summed E-state index contributed by atoms with van der Waals surface area (Å²) in [4.78, 5) is 50.0. The van der Waals surface area contributed by atoms with Gasteiger partial charge in [0.1, 0.15) is 11.3 Å². The van der Waals surface area contributed by atoms with Crippen LogP contribution in [0.3, 0.4) is 0 Å². The Kier molecular flexibility index (Phi) is 6.14. The maximum absolute atomic E-state index is 12.9. The molecule has 7 nitrogen and oxygen atoms in total. The summed E-state index contributed by atoms with van der Waals surface area (Å²) in [6.07, 6.45) is 1.43. The summed E-state index contributed by atoms with van der Waals surface area (Å²) in [7, 11) is 0. The molecule has 0 spiro atoms. The van der Waals surface area contributed by atoms with Gasteiger partial charge in [-0.25, -0.2) is 9.69 Å². The minimum absolute atomic E-state index is 0.157. The Morgan fingerprint density at radius 1 is 1.17 bits per heavy atom. The van der Waals surface area contributed by atoms with E-state index >= 15 is 0 Å². The number of imide groups is 2. The average molecular weight is 478 g/mol. The molecule has 148 valence electrons. The number of anilines is 1. The molecule has 2 aromatic rings. The highest BCUT2D eigenvalue weighted by Gasteiger charge is 2.37. The predicted molar refractivity (Wildman–Crippen MR) is 111 cm³/mol. The van der Waals surface area contributed by atoms with Crippen molar-refractivity contribution in [3.8, 4) is 5.75 Å². The molecule has 9 heteroatoms. The molecule has 29 heavy (non-hydrogen) atoms. The number of carbonyl (C=O) groups is 4. The van der Waals surface area contributed by atoms with Gasteiger partial charge in [-0.15, -0.1) is 0 Å². The van der Waals surface area contributed by atoms with Crippen molar-refractivity contribution in [1.82, 2.24) is 5.32 Å². The maximum Gasteiger partial charge on any atom is 0.335 e. The molecule has 2 aromatic carbocycles. The van der Waals surface area contributed by atoms with Crippen LogP contribution < -0.4 is 15.0 Å². The normalized spacial score (nSPS) is 15.5. The molecular weight excluding hydrogens is 464 g/mol. The number of carbonyl (C=O) groups excluding carboxylic acids is 4. The van der Waals surface area contributed by atoms with Crippen molar-refractivity contribution in [3.63, 3.8) is 0 Å². The van der Waals surface area contributed by atoms with Gasteiger partial charge in [0.25, 0.3) is 11.8 Å². The Hall–Kier alpha value is -2.97. The van der Waals surface area contributed by atoms with Crippen molar-refractivity contribution >= 4 is 63.1 Å². The van der Waals surface area contributed by atoms with E-state index in [2.05, 4.69) is 21.2 Å². The third-order valence-electron chi connectivity index (χ3n) is 3.97. The zero-order chi connectivity index (χ0) is 21.1. The van der Waals surface area contributed by atoms with Crippen LogP contribution in [0.4, 0.5) is 10.5 Å². The molecule has 1 heterocycles. The van der Waals surface area contributed by atoms with Gasteiger partial charge in [0.2, 0.25) is 0 Å². The lowest BCUT2D eigenvalue weighted by Gasteiger charge is -2.26. The molecule has 1 saturated heterocycles. The van der Waals surface area contributed by atoms with Gasteiger partial charge in [-0.2, -0.15) is 0 Å². The first-order valence-electron chi connectivity index (χ1n) is 8.47. The number of hydrogen-bond donors (Lipinski definition) is 1. The second-order valence-electron chi connectivity index (χ2n) is 5.94. The molecular formula is C20H14BrClN2O5. The third-order valence-corrected chi connectivity index (χ3v) is 4.72. The Morgan fingerprint density at radius 2 is 1.86 bits per heavy atom. The first kappa shape index (κ1) is 20.8. The summed E-state index contributed by atoms with van der Waals surface area (Å²) in [5.41, 5.74) is 0.290. The lowest BCUT2D eigenvalue weighted by molar-refractivity contribution is -0.134. The van der Waals surface area contributed by atoms with E-state index in [1.165, 1.54) is 36.4 Å². The number of esters is 1. The van der Waals surface area contributed by atoms with Crippen LogP contribution in [0.1, 0.15) is 18.9 Å². The van der Waals surface area contributed by atoms with E-state index in [0.717, 1.165) is 4.90 Å². The second-order valence-corrected chi connectivity index (χ2v) is 7.30. The monoisotopic (exact) mass is 476 g/mol. The zero-order valence-corrected chi connectivity index (χ0v) is 17.4. The summed E-state index contributed by atoms with van der Waals surface area (Å²) in [6.45, 7) is 1.65. The fraction of sp³-hybridized carbons (Fsp3) is 0.100. The van der Waals surface area contributed by atoms with Crippen molar-refractivity contribution in [3.05, 3.63) is 63.1 Å². The molecule has 1 N–H and O–H groups in total. The Labute approximate surface area is 179 Å². The number of hydrogen-bond acceptors (Lipinski definition) is 5. The molecule has 0 atom stereocenters. The first-order valence-corrected chi connectivity index (χ1v) is 9.64. The highest BCUT2D eigenvalue weighted by molar-refractivity contribution is 9.10. The van der Waals surface area contributed by atoms with Crippen LogP contribution in [0, 0.1) is 0 Å². The summed E-state index contributed by atoms with van der Waals surface area (Å²) in [6, 6.07) is 9.94. The molecule has 0 saturated carbocycles. The molecule has 0 aliphatic carbocycles. The number of rotatable bonds is 4. The SMILES string of the molecule is CCC(=O)Oc1ccc(Br)cc1/C=C1/C(=O)NC(=O)N(c2ccc(Cl)cc2)C1=O. The third kappa shape index (κ3) is 4.55. The summed E-state index contributed by atoms with van der Waals surface area (Å²) in [5.74, 6) is -1.95. The van der Waals surface area contributed by atoms with Gasteiger partial charge in [0, 0.05) is 21.5 Å². The number of benzene rings is 2. The number of urea groups is 1. The van der Waals surface area contributed by atoms with Crippen molar-refractivity contribution in [2.75, 3.05) is 4.90 Å². The van der Waals surface area contributed by atoms with E-state index < -0.39 is 23.8 Å². The lowest BCUT2D eigenvalue weighted by atomic mass is 10.1. The van der Waals surface area contributed by atoms with Crippen molar-refractivity contribution in [2.45, 2.75) is 13.3 Å². The van der Waals surface area contributed by atoms with Crippen LogP contribution in [0.25, 0.3) is 6.08 Å². The minimum atomic E-state index is -0.869. The molecule has 1 aliphatic rings. The van der Waals surface area contributed by atoms with Crippen molar-refractivity contribution in [2.24, 2.45) is 0 Å². The maximum atomic E-state index is 12.9. The Bertz CT molecular complexity index is 1050. The molecule has 0 radical (unpaired) electrons. The number of nitrogens with zero attached hydrogens (tertiary/aromatic N) is 1. The minimum Gasteiger partial charge on any atom is -0.426 e. The number of halogens is 2. The van der Waals surface area contributed by atoms with Gasteiger partial charge < -0.3 is 4.74 Å². The average Bonchev–Trinajstić information content (AvgIpc) is 2.68. The van der Waals surface area contributed by atoms with Gasteiger partial charge in [-0.3, -0.25) is 19.7 Å². The Balaban J connectivity index is 2.04. The smallest absolute Gasteiger partial charge is 0.335 e. The van der Waals surface area contributed by atoms with E-state index in [-0.39, 0.29) is 23.4 Å². The molecule has 0 aromatic heterocycles. The van der Waals surface area contributed by atoms with Crippen LogP contribution >= 0.6 is 27.5 Å². The molecule has 4 amide bonds. The van der Waals surface area contributed by atoms with E-state index in [1.54, 1.807) is 19.1 Å². The van der Waals surface area contributed by atoms with Gasteiger partial charge in [-0.05, 0) is 48.5 Å². The Morgan fingerprint density at radius 3 is 2.52 bits per heavy atom. The molecule has 1 aliphatic heterocycles.